The van der Waals surface area contributed by atoms with Crippen LogP contribution in [0.4, 0.5) is 0 Å². The third-order valence-electron chi connectivity index (χ3n) is 2.09. The summed E-state index contributed by atoms with van der Waals surface area (Å²) >= 11 is 0. The molecule has 0 aromatic rings. The SMILES string of the molecule is CC(C)CC(=O)[C@@H](N)CCCNC(N)N. The van der Waals surface area contributed by atoms with Crippen LogP contribution in [0.15, 0.2) is 0 Å². The fraction of sp³-hybridized carbons (Fsp3) is 0.900. The standard InChI is InChI=1S/C10H24N4O/c1-7(2)6-9(15)8(11)4-3-5-14-10(12)13/h7-8,10,14H,3-6,11-13H2,1-2H3/t8-/m0/s1. The average Bonchev–Trinajstić information content (AvgIpc) is 2.10. The van der Waals surface area contributed by atoms with Crippen molar-refractivity contribution in [3.8, 4) is 0 Å². The quantitative estimate of drug-likeness (QED) is 0.323. The Bertz CT molecular complexity index is 182. The summed E-state index contributed by atoms with van der Waals surface area (Å²) in [5.41, 5.74) is 16.3. The second kappa shape index (κ2) is 7.76. The van der Waals surface area contributed by atoms with Gasteiger partial charge in [-0.05, 0) is 25.3 Å². The van der Waals surface area contributed by atoms with Gasteiger partial charge in [-0.2, -0.15) is 0 Å². The number of nitrogens with one attached hydrogen (secondary N) is 1. The molecule has 0 aliphatic heterocycles. The van der Waals surface area contributed by atoms with Crippen molar-refractivity contribution >= 4 is 5.78 Å². The first-order valence-corrected chi connectivity index (χ1v) is 5.46. The van der Waals surface area contributed by atoms with Crippen molar-refractivity contribution in [3.05, 3.63) is 0 Å². The van der Waals surface area contributed by atoms with Gasteiger partial charge in [-0.1, -0.05) is 13.8 Å². The molecule has 5 nitrogen and oxygen atoms in total. The molecule has 0 rings (SSSR count). The summed E-state index contributed by atoms with van der Waals surface area (Å²) < 4.78 is 0. The fourth-order valence-electron chi connectivity index (χ4n) is 1.31. The van der Waals surface area contributed by atoms with E-state index in [-0.39, 0.29) is 11.8 Å². The Morgan fingerprint density at radius 3 is 2.33 bits per heavy atom. The van der Waals surface area contributed by atoms with Crippen LogP contribution in [0.5, 0.6) is 0 Å². The molecule has 1 atom stereocenters. The molecule has 0 unspecified atom stereocenters. The minimum Gasteiger partial charge on any atom is -0.322 e. The molecule has 90 valence electrons. The number of ketones is 1. The fourth-order valence-corrected chi connectivity index (χ4v) is 1.31. The lowest BCUT2D eigenvalue weighted by atomic mass is 9.99. The first kappa shape index (κ1) is 14.5. The van der Waals surface area contributed by atoms with Gasteiger partial charge in [0, 0.05) is 6.42 Å². The number of hydrogen-bond donors (Lipinski definition) is 4. The van der Waals surface area contributed by atoms with E-state index < -0.39 is 6.29 Å². The van der Waals surface area contributed by atoms with Gasteiger partial charge in [-0.15, -0.1) is 0 Å². The molecule has 0 aliphatic rings. The van der Waals surface area contributed by atoms with E-state index in [4.69, 9.17) is 17.2 Å². The lowest BCUT2D eigenvalue weighted by molar-refractivity contribution is -0.121. The molecule has 0 aliphatic carbocycles. The van der Waals surface area contributed by atoms with Crippen LogP contribution in [0.3, 0.4) is 0 Å². The van der Waals surface area contributed by atoms with Gasteiger partial charge in [0.05, 0.1) is 6.04 Å². The minimum absolute atomic E-state index is 0.141. The second-order valence-electron chi connectivity index (χ2n) is 4.29. The predicted molar refractivity (Wildman–Crippen MR) is 61.8 cm³/mol. The smallest absolute Gasteiger partial charge is 0.149 e. The monoisotopic (exact) mass is 216 g/mol. The highest BCUT2D eigenvalue weighted by Crippen LogP contribution is 2.05. The molecule has 0 aromatic heterocycles. The molecule has 0 saturated carbocycles. The van der Waals surface area contributed by atoms with Gasteiger partial charge < -0.3 is 17.2 Å². The number of carbonyl (C=O) groups excluding carboxylic acids is 1. The Labute approximate surface area is 91.8 Å². The molecule has 5 heteroatoms. The number of hydrogen-bond acceptors (Lipinski definition) is 5. The van der Waals surface area contributed by atoms with Gasteiger partial charge in [0.1, 0.15) is 12.1 Å². The molecule has 0 radical (unpaired) electrons. The van der Waals surface area contributed by atoms with Gasteiger partial charge in [0.15, 0.2) is 0 Å². The molecule has 0 heterocycles. The van der Waals surface area contributed by atoms with Crippen LogP contribution in [-0.2, 0) is 4.79 Å². The largest absolute Gasteiger partial charge is 0.322 e. The Balaban J connectivity index is 3.55. The van der Waals surface area contributed by atoms with E-state index in [9.17, 15) is 4.79 Å². The highest BCUT2D eigenvalue weighted by Gasteiger charge is 2.13. The second-order valence-corrected chi connectivity index (χ2v) is 4.29. The van der Waals surface area contributed by atoms with E-state index >= 15 is 0 Å². The molecular formula is C10H24N4O. The van der Waals surface area contributed by atoms with Crippen LogP contribution in [0.1, 0.15) is 33.1 Å². The van der Waals surface area contributed by atoms with Crippen molar-refractivity contribution in [1.82, 2.24) is 5.32 Å². The summed E-state index contributed by atoms with van der Waals surface area (Å²) in [5.74, 6) is 0.515. The Kier molecular flexibility index (Phi) is 7.50. The number of nitrogens with two attached hydrogens (primary N) is 3. The molecule has 0 spiro atoms. The van der Waals surface area contributed by atoms with Gasteiger partial charge in [0.2, 0.25) is 0 Å². The summed E-state index contributed by atoms with van der Waals surface area (Å²) in [4.78, 5) is 11.5. The van der Waals surface area contributed by atoms with E-state index in [2.05, 4.69) is 5.32 Å². The summed E-state index contributed by atoms with van der Waals surface area (Å²) in [6.07, 6.45) is 1.57. The summed E-state index contributed by atoms with van der Waals surface area (Å²) in [7, 11) is 0. The van der Waals surface area contributed by atoms with Crippen LogP contribution in [0.2, 0.25) is 0 Å². The zero-order valence-corrected chi connectivity index (χ0v) is 9.70. The first-order chi connectivity index (χ1) is 6.93. The molecule has 15 heavy (non-hydrogen) atoms. The van der Waals surface area contributed by atoms with Crippen molar-refractivity contribution in [2.75, 3.05) is 6.54 Å². The Morgan fingerprint density at radius 1 is 1.27 bits per heavy atom. The van der Waals surface area contributed by atoms with E-state index in [0.717, 1.165) is 6.42 Å². The predicted octanol–water partition coefficient (Wildman–Crippen LogP) is -0.500. The Morgan fingerprint density at radius 2 is 1.87 bits per heavy atom. The third kappa shape index (κ3) is 8.50. The van der Waals surface area contributed by atoms with Crippen molar-refractivity contribution < 1.29 is 4.79 Å². The van der Waals surface area contributed by atoms with Crippen LogP contribution >= 0.6 is 0 Å². The zero-order valence-electron chi connectivity index (χ0n) is 9.70. The number of rotatable bonds is 8. The molecular weight excluding hydrogens is 192 g/mol. The third-order valence-corrected chi connectivity index (χ3v) is 2.09. The van der Waals surface area contributed by atoms with Crippen LogP contribution in [0.25, 0.3) is 0 Å². The topological polar surface area (TPSA) is 107 Å². The molecule has 0 amide bonds. The van der Waals surface area contributed by atoms with E-state index in [1.54, 1.807) is 0 Å². The van der Waals surface area contributed by atoms with Crippen molar-refractivity contribution in [1.29, 1.82) is 0 Å². The highest BCUT2D eigenvalue weighted by atomic mass is 16.1. The zero-order chi connectivity index (χ0) is 11.8. The van der Waals surface area contributed by atoms with Crippen molar-refractivity contribution in [3.63, 3.8) is 0 Å². The van der Waals surface area contributed by atoms with E-state index in [1.807, 2.05) is 13.8 Å². The normalized spacial score (nSPS) is 13.5. The summed E-state index contributed by atoms with van der Waals surface area (Å²) in [5, 5.41) is 2.87. The number of carbonyl (C=O) groups is 1. The highest BCUT2D eigenvalue weighted by molar-refractivity contribution is 5.83. The molecule has 0 saturated heterocycles. The van der Waals surface area contributed by atoms with Crippen molar-refractivity contribution in [2.45, 2.75) is 45.4 Å². The molecule has 0 fully saturated rings. The maximum absolute atomic E-state index is 11.5. The van der Waals surface area contributed by atoms with Crippen LogP contribution in [0, 0.1) is 5.92 Å². The van der Waals surface area contributed by atoms with Gasteiger partial charge in [-0.25, -0.2) is 0 Å². The van der Waals surface area contributed by atoms with E-state index in [0.29, 0.717) is 25.3 Å². The van der Waals surface area contributed by atoms with Gasteiger partial charge in [-0.3, -0.25) is 10.1 Å². The number of Topliss-reactive ketones (excluding diaryl/α,β-unsaturated/α-hetero) is 1. The Hall–Kier alpha value is -0.490. The van der Waals surface area contributed by atoms with Gasteiger partial charge >= 0.3 is 0 Å². The molecule has 7 N–H and O–H groups in total. The average molecular weight is 216 g/mol. The lowest BCUT2D eigenvalue weighted by Crippen LogP contribution is -2.45. The van der Waals surface area contributed by atoms with Crippen LogP contribution in [-0.4, -0.2) is 24.7 Å². The summed E-state index contributed by atoms with van der Waals surface area (Å²) in [6, 6.07) is -0.344. The minimum atomic E-state index is -0.493. The van der Waals surface area contributed by atoms with E-state index in [1.165, 1.54) is 0 Å². The van der Waals surface area contributed by atoms with Crippen molar-refractivity contribution in [2.24, 2.45) is 23.1 Å². The molecule has 0 aromatic carbocycles. The lowest BCUT2D eigenvalue weighted by Gasteiger charge is -2.13. The summed E-state index contributed by atoms with van der Waals surface area (Å²) in [6.45, 7) is 4.72. The van der Waals surface area contributed by atoms with Gasteiger partial charge in [0.25, 0.3) is 0 Å². The molecule has 0 bridgehead atoms. The maximum atomic E-state index is 11.5. The van der Waals surface area contributed by atoms with Crippen LogP contribution < -0.4 is 22.5 Å². The maximum Gasteiger partial charge on any atom is 0.149 e. The first-order valence-electron chi connectivity index (χ1n) is 5.46.